The van der Waals surface area contributed by atoms with Crippen LogP contribution in [0.4, 0.5) is 10.5 Å². The fourth-order valence-corrected chi connectivity index (χ4v) is 4.63. The number of hydrogen-bond donors (Lipinski definition) is 2. The number of likely N-dealkylation sites (tertiary alicyclic amines) is 1. The molecule has 1 aliphatic carbocycles. The maximum absolute atomic E-state index is 12.7. The Kier molecular flexibility index (Phi) is 5.35. The molecule has 164 valence electrons. The van der Waals surface area contributed by atoms with Crippen molar-refractivity contribution in [3.63, 3.8) is 0 Å². The fraction of sp³-hybridized carbons (Fsp3) is 0.269. The van der Waals surface area contributed by atoms with Crippen molar-refractivity contribution < 1.29 is 19.4 Å². The zero-order chi connectivity index (χ0) is 22.1. The van der Waals surface area contributed by atoms with E-state index in [1.165, 1.54) is 28.3 Å². The lowest BCUT2D eigenvalue weighted by Gasteiger charge is -2.32. The van der Waals surface area contributed by atoms with Crippen LogP contribution in [0, 0.1) is 0 Å². The number of ether oxygens (including phenoxy) is 2. The van der Waals surface area contributed by atoms with Gasteiger partial charge in [0, 0.05) is 37.9 Å². The van der Waals surface area contributed by atoms with Gasteiger partial charge >= 0.3 is 6.09 Å². The zero-order valence-electron chi connectivity index (χ0n) is 17.7. The van der Waals surface area contributed by atoms with E-state index >= 15 is 0 Å². The third kappa shape index (κ3) is 3.84. The van der Waals surface area contributed by atoms with Gasteiger partial charge in [-0.1, -0.05) is 48.5 Å². The van der Waals surface area contributed by atoms with Gasteiger partial charge in [0.05, 0.1) is 5.69 Å². The number of nitrogens with two attached hydrogens (primary N) is 1. The summed E-state index contributed by atoms with van der Waals surface area (Å²) in [5.41, 5.74) is 10.8. The Bertz CT molecular complexity index is 1090. The first kappa shape index (κ1) is 20.2. The second-order valence-electron chi connectivity index (χ2n) is 8.33. The minimum absolute atomic E-state index is 0.0126. The van der Waals surface area contributed by atoms with Gasteiger partial charge in [0.2, 0.25) is 0 Å². The molecule has 1 fully saturated rings. The third-order valence-electron chi connectivity index (χ3n) is 6.34. The molecule has 2 aliphatic rings. The molecule has 0 radical (unpaired) electrons. The van der Waals surface area contributed by atoms with Crippen molar-refractivity contribution in [3.05, 3.63) is 77.9 Å². The van der Waals surface area contributed by atoms with Crippen LogP contribution in [-0.2, 0) is 4.74 Å². The van der Waals surface area contributed by atoms with Crippen LogP contribution in [0.15, 0.2) is 66.7 Å². The first-order valence-electron chi connectivity index (χ1n) is 10.9. The van der Waals surface area contributed by atoms with Gasteiger partial charge < -0.3 is 25.2 Å². The molecular formula is C26H26N2O4. The Balaban J connectivity index is 1.17. The second kappa shape index (κ2) is 8.46. The first-order valence-corrected chi connectivity index (χ1v) is 10.9. The molecule has 0 aromatic heterocycles. The van der Waals surface area contributed by atoms with Gasteiger partial charge in [-0.05, 0) is 34.4 Å². The van der Waals surface area contributed by atoms with E-state index in [2.05, 4.69) is 24.3 Å². The number of carbonyl (C=O) groups is 1. The highest BCUT2D eigenvalue weighted by Crippen LogP contribution is 2.44. The zero-order valence-corrected chi connectivity index (χ0v) is 17.7. The summed E-state index contributed by atoms with van der Waals surface area (Å²) in [5, 5.41) is 9.74. The highest BCUT2D eigenvalue weighted by Gasteiger charge is 2.30. The average molecular weight is 431 g/mol. The van der Waals surface area contributed by atoms with Gasteiger partial charge in [-0.3, -0.25) is 0 Å². The lowest BCUT2D eigenvalue weighted by Crippen LogP contribution is -2.42. The van der Waals surface area contributed by atoms with Gasteiger partial charge in [-0.2, -0.15) is 0 Å². The van der Waals surface area contributed by atoms with Gasteiger partial charge in [0.25, 0.3) is 0 Å². The molecule has 0 saturated carbocycles. The molecule has 32 heavy (non-hydrogen) atoms. The molecule has 5 rings (SSSR count). The molecule has 1 saturated heterocycles. The van der Waals surface area contributed by atoms with Crippen molar-refractivity contribution >= 4 is 11.8 Å². The summed E-state index contributed by atoms with van der Waals surface area (Å²) in [6, 6.07) is 21.5. The molecule has 1 aliphatic heterocycles. The SMILES string of the molecule is Nc1ccc(OC2CCN(C(=O)OCC3c4ccccc4-c4ccccc43)CC2)cc1O. The first-order chi connectivity index (χ1) is 15.6. The van der Waals surface area contributed by atoms with Crippen molar-refractivity contribution in [2.45, 2.75) is 24.9 Å². The molecule has 3 aromatic rings. The van der Waals surface area contributed by atoms with E-state index in [4.69, 9.17) is 15.2 Å². The van der Waals surface area contributed by atoms with Crippen molar-refractivity contribution in [1.29, 1.82) is 0 Å². The molecule has 0 spiro atoms. The number of piperidine rings is 1. The average Bonchev–Trinajstić information content (AvgIpc) is 3.14. The van der Waals surface area contributed by atoms with Gasteiger partial charge in [0.1, 0.15) is 24.2 Å². The summed E-state index contributed by atoms with van der Waals surface area (Å²) in [4.78, 5) is 14.5. The highest BCUT2D eigenvalue weighted by molar-refractivity contribution is 5.79. The van der Waals surface area contributed by atoms with Crippen LogP contribution >= 0.6 is 0 Å². The number of anilines is 1. The third-order valence-corrected chi connectivity index (χ3v) is 6.34. The lowest BCUT2D eigenvalue weighted by molar-refractivity contribution is 0.0662. The normalized spacial score (nSPS) is 15.8. The Labute approximate surface area is 187 Å². The Morgan fingerprint density at radius 3 is 2.22 bits per heavy atom. The summed E-state index contributed by atoms with van der Waals surface area (Å²) >= 11 is 0. The number of carbonyl (C=O) groups excluding carboxylic acids is 1. The maximum Gasteiger partial charge on any atom is 0.409 e. The smallest absolute Gasteiger partial charge is 0.409 e. The van der Waals surface area contributed by atoms with E-state index in [1.54, 1.807) is 17.0 Å². The Hall–Kier alpha value is -3.67. The van der Waals surface area contributed by atoms with Gasteiger partial charge in [0.15, 0.2) is 0 Å². The summed E-state index contributed by atoms with van der Waals surface area (Å²) < 4.78 is 11.7. The number of benzene rings is 3. The molecule has 3 N–H and O–H groups in total. The van der Waals surface area contributed by atoms with Crippen LogP contribution in [0.1, 0.15) is 29.9 Å². The number of nitrogens with zero attached hydrogens (tertiary/aromatic N) is 1. The molecule has 1 amide bonds. The summed E-state index contributed by atoms with van der Waals surface area (Å²) in [6.45, 7) is 1.47. The fourth-order valence-electron chi connectivity index (χ4n) is 4.63. The topological polar surface area (TPSA) is 85.0 Å². The number of nitrogen functional groups attached to an aromatic ring is 1. The minimum Gasteiger partial charge on any atom is -0.506 e. The monoisotopic (exact) mass is 430 g/mol. The predicted octanol–water partition coefficient (Wildman–Crippen LogP) is 4.77. The van der Waals surface area contributed by atoms with Crippen LogP contribution in [0.2, 0.25) is 0 Å². The Morgan fingerprint density at radius 2 is 1.59 bits per heavy atom. The van der Waals surface area contributed by atoms with Crippen LogP contribution in [-0.4, -0.2) is 41.9 Å². The standard InChI is InChI=1S/C26H26N2O4/c27-24-10-9-18(15-25(24)29)32-17-11-13-28(14-12-17)26(30)31-16-23-21-7-3-1-5-19(21)20-6-2-4-8-22(20)23/h1-10,15,17,23,29H,11-14,16,27H2. The molecule has 3 aromatic carbocycles. The second-order valence-corrected chi connectivity index (χ2v) is 8.33. The van der Waals surface area contributed by atoms with Gasteiger partial charge in [-0.15, -0.1) is 0 Å². The Morgan fingerprint density at radius 1 is 0.969 bits per heavy atom. The number of hydrogen-bond acceptors (Lipinski definition) is 5. The maximum atomic E-state index is 12.7. The summed E-state index contributed by atoms with van der Waals surface area (Å²) in [7, 11) is 0. The van der Waals surface area contributed by atoms with Crippen molar-refractivity contribution in [3.8, 4) is 22.6 Å². The van der Waals surface area contributed by atoms with Crippen molar-refractivity contribution in [2.24, 2.45) is 0 Å². The number of amides is 1. The largest absolute Gasteiger partial charge is 0.506 e. The molecule has 6 nitrogen and oxygen atoms in total. The number of rotatable bonds is 4. The van der Waals surface area contributed by atoms with Crippen molar-refractivity contribution in [2.75, 3.05) is 25.4 Å². The van der Waals surface area contributed by atoms with E-state index < -0.39 is 0 Å². The predicted molar refractivity (Wildman–Crippen MR) is 123 cm³/mol. The van der Waals surface area contributed by atoms with E-state index in [-0.39, 0.29) is 23.9 Å². The number of aromatic hydroxyl groups is 1. The van der Waals surface area contributed by atoms with E-state index in [0.29, 0.717) is 44.0 Å². The van der Waals surface area contributed by atoms with E-state index in [9.17, 15) is 9.90 Å². The number of phenolic OH excluding ortho intramolecular Hbond substituents is 1. The highest BCUT2D eigenvalue weighted by atomic mass is 16.6. The van der Waals surface area contributed by atoms with Crippen LogP contribution < -0.4 is 10.5 Å². The molecular weight excluding hydrogens is 404 g/mol. The van der Waals surface area contributed by atoms with E-state index in [0.717, 1.165) is 0 Å². The van der Waals surface area contributed by atoms with Crippen LogP contribution in [0.3, 0.4) is 0 Å². The molecule has 0 atom stereocenters. The molecule has 1 heterocycles. The lowest BCUT2D eigenvalue weighted by atomic mass is 9.98. The van der Waals surface area contributed by atoms with E-state index in [1.807, 2.05) is 24.3 Å². The number of fused-ring (bicyclic) bond motifs is 3. The molecule has 0 bridgehead atoms. The van der Waals surface area contributed by atoms with Gasteiger partial charge in [-0.25, -0.2) is 4.79 Å². The van der Waals surface area contributed by atoms with Crippen LogP contribution in [0.5, 0.6) is 11.5 Å². The molecule has 0 unspecified atom stereocenters. The summed E-state index contributed by atoms with van der Waals surface area (Å²) in [5.74, 6) is 0.653. The summed E-state index contributed by atoms with van der Waals surface area (Å²) in [6.07, 6.45) is 1.11. The number of phenols is 1. The van der Waals surface area contributed by atoms with Crippen LogP contribution in [0.25, 0.3) is 11.1 Å². The van der Waals surface area contributed by atoms with Crippen molar-refractivity contribution in [1.82, 2.24) is 4.90 Å². The minimum atomic E-state index is -0.282. The molecule has 6 heteroatoms. The quantitative estimate of drug-likeness (QED) is 0.460.